The Morgan fingerprint density at radius 3 is 2.68 bits per heavy atom. The number of nitrogens with zero attached hydrogens (tertiary/aromatic N) is 5. The zero-order valence-electron chi connectivity index (χ0n) is 22.5. The molecule has 0 bridgehead atoms. The van der Waals surface area contributed by atoms with Crippen LogP contribution in [0.3, 0.4) is 0 Å². The van der Waals surface area contributed by atoms with E-state index in [1.54, 1.807) is 0 Å². The molecule has 37 heavy (non-hydrogen) atoms. The van der Waals surface area contributed by atoms with Gasteiger partial charge in [-0.3, -0.25) is 0 Å². The Hall–Kier alpha value is -2.90. The molecule has 2 saturated heterocycles. The third-order valence-corrected chi connectivity index (χ3v) is 8.58. The molecule has 6 rings (SSSR count). The molecular formula is C30H40N6O. The van der Waals surface area contributed by atoms with Crippen LogP contribution in [-0.4, -0.2) is 79.9 Å². The van der Waals surface area contributed by atoms with Crippen molar-refractivity contribution >= 4 is 22.3 Å². The summed E-state index contributed by atoms with van der Waals surface area (Å²) in [6.45, 7) is 11.1. The Labute approximate surface area is 220 Å². The number of benzene rings is 2. The second-order valence-corrected chi connectivity index (χ2v) is 11.0. The molecule has 0 aliphatic carbocycles. The maximum atomic E-state index is 6.30. The molecule has 1 N–H and O–H groups in total. The van der Waals surface area contributed by atoms with E-state index in [0.717, 1.165) is 63.6 Å². The first-order valence-corrected chi connectivity index (χ1v) is 14.0. The first kappa shape index (κ1) is 24.4. The van der Waals surface area contributed by atoms with Gasteiger partial charge in [-0.05, 0) is 63.7 Å². The topological polar surface area (TPSA) is 56.8 Å². The Morgan fingerprint density at radius 1 is 1.03 bits per heavy atom. The Bertz CT molecular complexity index is 1260. The number of piperazine rings is 1. The van der Waals surface area contributed by atoms with Crippen molar-refractivity contribution in [3.8, 4) is 6.01 Å². The number of fused-ring (bicyclic) bond motifs is 2. The summed E-state index contributed by atoms with van der Waals surface area (Å²) >= 11 is 0. The number of ether oxygens (including phenoxy) is 1. The highest BCUT2D eigenvalue weighted by Gasteiger charge is 2.29. The van der Waals surface area contributed by atoms with Crippen LogP contribution >= 0.6 is 0 Å². The number of likely N-dealkylation sites (N-methyl/N-ethyl adjacent to an activating group) is 1. The van der Waals surface area contributed by atoms with Gasteiger partial charge in [0.2, 0.25) is 0 Å². The third-order valence-electron chi connectivity index (χ3n) is 8.58. The van der Waals surface area contributed by atoms with E-state index in [1.165, 1.54) is 40.4 Å². The number of aromatic nitrogens is 2. The van der Waals surface area contributed by atoms with E-state index < -0.39 is 0 Å². The lowest BCUT2D eigenvalue weighted by molar-refractivity contribution is 0.187. The summed E-state index contributed by atoms with van der Waals surface area (Å²) in [6.07, 6.45) is 4.26. The quantitative estimate of drug-likeness (QED) is 0.572. The smallest absolute Gasteiger partial charge is 0.318 e. The molecule has 3 aliphatic heterocycles. The fourth-order valence-corrected chi connectivity index (χ4v) is 6.39. The molecule has 7 nitrogen and oxygen atoms in total. The second kappa shape index (κ2) is 10.5. The van der Waals surface area contributed by atoms with E-state index in [4.69, 9.17) is 14.7 Å². The standard InChI is InChI=1S/C30H40N6O/c1-21-7-4-8-23-9-5-11-27(28(21)23)35-16-12-25-26(13-17-35)32-30(37-20-24-10-6-15-34(24)3)33-29(25)36-18-14-31-19-22(36)2/h4-5,7-9,11,22,24,31H,6,10,12-20H2,1-3H3/t22-,24-/m0/s1. The molecule has 0 unspecified atom stereocenters. The van der Waals surface area contributed by atoms with Crippen LogP contribution in [0.25, 0.3) is 10.8 Å². The average molecular weight is 501 g/mol. The van der Waals surface area contributed by atoms with Crippen molar-refractivity contribution in [3.05, 3.63) is 53.2 Å². The van der Waals surface area contributed by atoms with Crippen molar-refractivity contribution in [3.63, 3.8) is 0 Å². The fraction of sp³-hybridized carbons (Fsp3) is 0.533. The SMILES string of the molecule is Cc1cccc2cccc(N3CCc4nc(OC[C@@H]5CCCN5C)nc(N5CCNC[C@@H]5C)c4CC3)c12. The number of rotatable bonds is 5. The van der Waals surface area contributed by atoms with Crippen LogP contribution in [-0.2, 0) is 12.8 Å². The van der Waals surface area contributed by atoms with Gasteiger partial charge in [-0.1, -0.05) is 30.3 Å². The molecule has 0 saturated carbocycles. The van der Waals surface area contributed by atoms with Gasteiger partial charge in [0.25, 0.3) is 0 Å². The summed E-state index contributed by atoms with van der Waals surface area (Å²) in [6, 6.07) is 14.7. The van der Waals surface area contributed by atoms with Gasteiger partial charge in [-0.2, -0.15) is 9.97 Å². The molecule has 4 heterocycles. The molecule has 2 aromatic carbocycles. The lowest BCUT2D eigenvalue weighted by Crippen LogP contribution is -2.50. The number of anilines is 2. The molecule has 0 spiro atoms. The molecule has 0 amide bonds. The zero-order valence-corrected chi connectivity index (χ0v) is 22.5. The lowest BCUT2D eigenvalue weighted by Gasteiger charge is -2.36. The van der Waals surface area contributed by atoms with Crippen LogP contribution in [0.2, 0.25) is 0 Å². The number of hydrogen-bond donors (Lipinski definition) is 1. The number of nitrogens with one attached hydrogen (secondary N) is 1. The predicted molar refractivity (Wildman–Crippen MR) is 151 cm³/mol. The normalized spacial score (nSPS) is 22.8. The van der Waals surface area contributed by atoms with Crippen LogP contribution in [0.15, 0.2) is 36.4 Å². The minimum absolute atomic E-state index is 0.390. The number of likely N-dealkylation sites (tertiary alicyclic amines) is 1. The zero-order chi connectivity index (χ0) is 25.4. The molecule has 196 valence electrons. The first-order valence-electron chi connectivity index (χ1n) is 14.0. The highest BCUT2D eigenvalue weighted by molar-refractivity contribution is 5.96. The minimum atomic E-state index is 0.390. The van der Waals surface area contributed by atoms with Crippen molar-refractivity contribution < 1.29 is 4.74 Å². The fourth-order valence-electron chi connectivity index (χ4n) is 6.39. The first-order chi connectivity index (χ1) is 18.1. The van der Waals surface area contributed by atoms with E-state index in [1.807, 2.05) is 0 Å². The Kier molecular flexibility index (Phi) is 6.91. The summed E-state index contributed by atoms with van der Waals surface area (Å²) in [5, 5.41) is 6.20. The molecule has 2 fully saturated rings. The van der Waals surface area contributed by atoms with Gasteiger partial charge in [0.05, 0.1) is 5.69 Å². The second-order valence-electron chi connectivity index (χ2n) is 11.0. The molecule has 1 aromatic heterocycles. The average Bonchev–Trinajstić information content (AvgIpc) is 3.20. The monoisotopic (exact) mass is 500 g/mol. The summed E-state index contributed by atoms with van der Waals surface area (Å²) in [5.41, 5.74) is 5.12. The van der Waals surface area contributed by atoms with Crippen molar-refractivity contribution in [2.75, 3.05) is 62.7 Å². The van der Waals surface area contributed by atoms with Gasteiger partial charge in [0.15, 0.2) is 0 Å². The van der Waals surface area contributed by atoms with E-state index in [-0.39, 0.29) is 0 Å². The number of aryl methyl sites for hydroxylation is 1. The maximum absolute atomic E-state index is 6.30. The van der Waals surface area contributed by atoms with Crippen molar-refractivity contribution in [1.82, 2.24) is 20.2 Å². The van der Waals surface area contributed by atoms with E-state index in [9.17, 15) is 0 Å². The molecule has 3 aromatic rings. The van der Waals surface area contributed by atoms with E-state index in [0.29, 0.717) is 24.7 Å². The maximum Gasteiger partial charge on any atom is 0.318 e. The van der Waals surface area contributed by atoms with E-state index >= 15 is 0 Å². The summed E-state index contributed by atoms with van der Waals surface area (Å²) in [7, 11) is 2.19. The van der Waals surface area contributed by atoms with Gasteiger partial charge in [-0.25, -0.2) is 0 Å². The molecule has 2 atom stereocenters. The highest BCUT2D eigenvalue weighted by atomic mass is 16.5. The van der Waals surface area contributed by atoms with Gasteiger partial charge in [0, 0.05) is 67.9 Å². The van der Waals surface area contributed by atoms with Crippen molar-refractivity contribution in [1.29, 1.82) is 0 Å². The van der Waals surface area contributed by atoms with Crippen LogP contribution in [0.4, 0.5) is 11.5 Å². The molecular weight excluding hydrogens is 460 g/mol. The Balaban J connectivity index is 1.32. The molecule has 7 heteroatoms. The third kappa shape index (κ3) is 4.87. The molecule has 0 radical (unpaired) electrons. The lowest BCUT2D eigenvalue weighted by atomic mass is 10.0. The van der Waals surface area contributed by atoms with Gasteiger partial charge in [0.1, 0.15) is 12.4 Å². The summed E-state index contributed by atoms with van der Waals surface area (Å²) < 4.78 is 6.30. The predicted octanol–water partition coefficient (Wildman–Crippen LogP) is 3.81. The highest BCUT2D eigenvalue weighted by Crippen LogP contribution is 2.34. The van der Waals surface area contributed by atoms with Gasteiger partial charge in [-0.15, -0.1) is 0 Å². The molecule has 3 aliphatic rings. The van der Waals surface area contributed by atoms with E-state index in [2.05, 4.69) is 77.3 Å². The summed E-state index contributed by atoms with van der Waals surface area (Å²) in [4.78, 5) is 17.5. The van der Waals surface area contributed by atoms with Gasteiger partial charge >= 0.3 is 6.01 Å². The Morgan fingerprint density at radius 2 is 1.86 bits per heavy atom. The largest absolute Gasteiger partial charge is 0.462 e. The van der Waals surface area contributed by atoms with Gasteiger partial charge < -0.3 is 24.8 Å². The van der Waals surface area contributed by atoms with Crippen LogP contribution in [0, 0.1) is 6.92 Å². The van der Waals surface area contributed by atoms with Crippen molar-refractivity contribution in [2.45, 2.75) is 51.6 Å². The van der Waals surface area contributed by atoms with Crippen LogP contribution in [0.5, 0.6) is 6.01 Å². The number of hydrogen-bond acceptors (Lipinski definition) is 7. The van der Waals surface area contributed by atoms with Crippen LogP contribution in [0.1, 0.15) is 36.6 Å². The minimum Gasteiger partial charge on any atom is -0.462 e. The summed E-state index contributed by atoms with van der Waals surface area (Å²) in [5.74, 6) is 1.09. The van der Waals surface area contributed by atoms with Crippen molar-refractivity contribution in [2.24, 2.45) is 0 Å². The van der Waals surface area contributed by atoms with Crippen LogP contribution < -0.4 is 19.9 Å².